The van der Waals surface area contributed by atoms with E-state index in [9.17, 15) is 0 Å². The van der Waals surface area contributed by atoms with Gasteiger partial charge in [-0.25, -0.2) is 0 Å². The van der Waals surface area contributed by atoms with Crippen molar-refractivity contribution in [1.82, 2.24) is 0 Å². The van der Waals surface area contributed by atoms with Gasteiger partial charge >= 0.3 is 0 Å². The Morgan fingerprint density at radius 1 is 0.833 bits per heavy atom. The number of rotatable bonds is 8. The van der Waals surface area contributed by atoms with Crippen LogP contribution in [0.2, 0.25) is 0 Å². The maximum Gasteiger partial charge on any atom is 0.181 e. The Morgan fingerprint density at radius 3 is 1.94 bits per heavy atom. The molecule has 0 aromatic heterocycles. The van der Waals surface area contributed by atoms with Crippen LogP contribution in [0.15, 0.2) is 0 Å². The minimum Gasteiger partial charge on any atom is -0.381 e. The molecule has 1 heterocycles. The second-order valence-corrected chi connectivity index (χ2v) is 6.29. The first-order chi connectivity index (χ1) is 8.90. The van der Waals surface area contributed by atoms with Gasteiger partial charge in [-0.2, -0.15) is 0 Å². The lowest BCUT2D eigenvalue weighted by atomic mass is 9.81. The number of ether oxygens (including phenoxy) is 3. The van der Waals surface area contributed by atoms with Crippen LogP contribution in [0.3, 0.4) is 0 Å². The highest BCUT2D eigenvalue weighted by Gasteiger charge is 2.26. The van der Waals surface area contributed by atoms with E-state index in [1.54, 1.807) is 0 Å². The van der Waals surface area contributed by atoms with Gasteiger partial charge in [-0.1, -0.05) is 12.8 Å². The molecule has 0 spiro atoms. The molecule has 0 aromatic rings. The molecular weight excluding hydrogens is 228 g/mol. The van der Waals surface area contributed by atoms with Crippen molar-refractivity contribution in [2.75, 3.05) is 26.4 Å². The van der Waals surface area contributed by atoms with Gasteiger partial charge < -0.3 is 14.2 Å². The normalized spacial score (nSPS) is 35.7. The summed E-state index contributed by atoms with van der Waals surface area (Å²) in [7, 11) is 0. The summed E-state index contributed by atoms with van der Waals surface area (Å²) < 4.78 is 16.4. The summed E-state index contributed by atoms with van der Waals surface area (Å²) in [6, 6.07) is 0. The van der Waals surface area contributed by atoms with Crippen molar-refractivity contribution in [3.63, 3.8) is 0 Å². The van der Waals surface area contributed by atoms with Crippen LogP contribution < -0.4 is 0 Å². The molecule has 0 aromatic carbocycles. The number of hydrogen-bond donors (Lipinski definition) is 0. The van der Waals surface area contributed by atoms with Gasteiger partial charge in [0.1, 0.15) is 6.61 Å². The van der Waals surface area contributed by atoms with Crippen LogP contribution in [0.5, 0.6) is 0 Å². The second-order valence-electron chi connectivity index (χ2n) is 6.29. The third-order valence-corrected chi connectivity index (χ3v) is 4.50. The minimum absolute atomic E-state index is 0.136. The Labute approximate surface area is 110 Å². The fraction of sp³-hybridized carbons (Fsp3) is 1.00. The quantitative estimate of drug-likeness (QED) is 0.624. The topological polar surface area (TPSA) is 31.0 Å². The third-order valence-electron chi connectivity index (χ3n) is 4.50. The van der Waals surface area contributed by atoms with E-state index in [0.29, 0.717) is 0 Å². The Bertz CT molecular complexity index is 214. The molecule has 0 amide bonds. The van der Waals surface area contributed by atoms with Crippen LogP contribution in [0.25, 0.3) is 0 Å². The van der Waals surface area contributed by atoms with E-state index in [2.05, 4.69) is 0 Å². The van der Waals surface area contributed by atoms with E-state index in [-0.39, 0.29) is 6.29 Å². The van der Waals surface area contributed by atoms with Crippen LogP contribution in [0.4, 0.5) is 0 Å². The fourth-order valence-electron chi connectivity index (χ4n) is 2.87. The summed E-state index contributed by atoms with van der Waals surface area (Å²) >= 11 is 0. The Balaban J connectivity index is 1.21. The van der Waals surface area contributed by atoms with Crippen molar-refractivity contribution in [3.8, 4) is 0 Å². The van der Waals surface area contributed by atoms with Crippen LogP contribution >= 0.6 is 0 Å². The lowest BCUT2D eigenvalue weighted by Gasteiger charge is -2.28. The summed E-state index contributed by atoms with van der Waals surface area (Å²) in [5.41, 5.74) is 0. The van der Waals surface area contributed by atoms with Crippen molar-refractivity contribution in [2.24, 2.45) is 17.8 Å². The molecule has 2 saturated carbocycles. The standard InChI is InChI=1S/C15H26O3/c1-3-13(9-16-10-14-5-6-14)4-2-12(1)7-8-17-15-11-18-15/h12-15H,1-11H2. The molecule has 1 saturated heterocycles. The van der Waals surface area contributed by atoms with Crippen LogP contribution in [0, 0.1) is 17.8 Å². The molecule has 1 atom stereocenters. The Hall–Kier alpha value is -0.120. The van der Waals surface area contributed by atoms with E-state index >= 15 is 0 Å². The lowest BCUT2D eigenvalue weighted by molar-refractivity contribution is 0.0332. The summed E-state index contributed by atoms with van der Waals surface area (Å²) in [6.45, 7) is 3.73. The minimum atomic E-state index is 0.136. The molecule has 104 valence electrons. The molecule has 3 fully saturated rings. The predicted octanol–water partition coefficient (Wildman–Crippen LogP) is 2.98. The zero-order valence-corrected chi connectivity index (χ0v) is 11.3. The third kappa shape index (κ3) is 4.52. The average Bonchev–Trinajstić information content (AvgIpc) is 3.25. The summed E-state index contributed by atoms with van der Waals surface area (Å²) in [4.78, 5) is 0. The zero-order valence-electron chi connectivity index (χ0n) is 11.3. The molecule has 18 heavy (non-hydrogen) atoms. The monoisotopic (exact) mass is 254 g/mol. The molecule has 2 aliphatic carbocycles. The smallest absolute Gasteiger partial charge is 0.181 e. The van der Waals surface area contributed by atoms with Gasteiger partial charge in [0, 0.05) is 13.2 Å². The van der Waals surface area contributed by atoms with Gasteiger partial charge in [-0.3, -0.25) is 0 Å². The van der Waals surface area contributed by atoms with Crippen molar-refractivity contribution < 1.29 is 14.2 Å². The molecule has 3 heteroatoms. The molecule has 1 unspecified atom stereocenters. The molecule has 3 rings (SSSR count). The molecule has 1 aliphatic heterocycles. The first-order valence-electron chi connectivity index (χ1n) is 7.71. The molecule has 0 N–H and O–H groups in total. The van der Waals surface area contributed by atoms with Crippen molar-refractivity contribution >= 4 is 0 Å². The molecule has 0 bridgehead atoms. The van der Waals surface area contributed by atoms with Crippen LogP contribution in [-0.4, -0.2) is 32.7 Å². The maximum atomic E-state index is 5.81. The van der Waals surface area contributed by atoms with Crippen LogP contribution in [0.1, 0.15) is 44.9 Å². The van der Waals surface area contributed by atoms with Crippen LogP contribution in [-0.2, 0) is 14.2 Å². The Morgan fingerprint density at radius 2 is 1.39 bits per heavy atom. The van der Waals surface area contributed by atoms with E-state index in [0.717, 1.165) is 44.2 Å². The van der Waals surface area contributed by atoms with E-state index in [1.807, 2.05) is 0 Å². The highest BCUT2D eigenvalue weighted by atomic mass is 16.8. The highest BCUT2D eigenvalue weighted by Crippen LogP contribution is 2.32. The zero-order chi connectivity index (χ0) is 12.2. The summed E-state index contributed by atoms with van der Waals surface area (Å²) in [5, 5.41) is 0. The van der Waals surface area contributed by atoms with Gasteiger partial charge in [-0.05, 0) is 49.9 Å². The SMILES string of the molecule is C(CC1CCC(COCC2CC2)CC1)OC1CO1. The van der Waals surface area contributed by atoms with Crippen molar-refractivity contribution in [3.05, 3.63) is 0 Å². The maximum absolute atomic E-state index is 5.81. The van der Waals surface area contributed by atoms with Gasteiger partial charge in [-0.15, -0.1) is 0 Å². The van der Waals surface area contributed by atoms with E-state index < -0.39 is 0 Å². The van der Waals surface area contributed by atoms with Crippen molar-refractivity contribution in [1.29, 1.82) is 0 Å². The average molecular weight is 254 g/mol. The number of epoxide rings is 1. The Kier molecular flexibility index (Phi) is 4.55. The van der Waals surface area contributed by atoms with E-state index in [1.165, 1.54) is 44.9 Å². The summed E-state index contributed by atoms with van der Waals surface area (Å²) in [6.07, 6.45) is 9.60. The first-order valence-corrected chi connectivity index (χ1v) is 7.71. The predicted molar refractivity (Wildman–Crippen MR) is 69.3 cm³/mol. The van der Waals surface area contributed by atoms with Gasteiger partial charge in [0.2, 0.25) is 0 Å². The van der Waals surface area contributed by atoms with Crippen molar-refractivity contribution in [2.45, 2.75) is 51.2 Å². The summed E-state index contributed by atoms with van der Waals surface area (Å²) in [5.74, 6) is 2.61. The molecule has 3 nitrogen and oxygen atoms in total. The fourth-order valence-corrected chi connectivity index (χ4v) is 2.87. The first kappa shape index (κ1) is 12.9. The lowest BCUT2D eigenvalue weighted by Crippen LogP contribution is -2.20. The second kappa shape index (κ2) is 6.36. The molecular formula is C15H26O3. The number of hydrogen-bond acceptors (Lipinski definition) is 3. The van der Waals surface area contributed by atoms with Gasteiger partial charge in [0.15, 0.2) is 6.29 Å². The molecule has 3 aliphatic rings. The molecule has 0 radical (unpaired) electrons. The van der Waals surface area contributed by atoms with E-state index in [4.69, 9.17) is 14.2 Å². The largest absolute Gasteiger partial charge is 0.381 e. The highest BCUT2D eigenvalue weighted by molar-refractivity contribution is 4.75. The van der Waals surface area contributed by atoms with Gasteiger partial charge in [0.05, 0.1) is 6.61 Å². The van der Waals surface area contributed by atoms with Gasteiger partial charge in [0.25, 0.3) is 0 Å².